The molecule has 30 heavy (non-hydrogen) atoms. The predicted molar refractivity (Wildman–Crippen MR) is 117 cm³/mol. The first-order valence-electron chi connectivity index (χ1n) is 10.1. The van der Waals surface area contributed by atoms with Gasteiger partial charge in [0.25, 0.3) is 0 Å². The van der Waals surface area contributed by atoms with Gasteiger partial charge in [-0.05, 0) is 37.1 Å². The van der Waals surface area contributed by atoms with Gasteiger partial charge in [0.2, 0.25) is 17.6 Å². The Morgan fingerprint density at radius 1 is 1.20 bits per heavy atom. The van der Waals surface area contributed by atoms with Crippen LogP contribution in [0.3, 0.4) is 0 Å². The standard InChI is InChI=1S/C24H27N3O3/c1-4-18(2)27(23(28)14-13-19-9-6-5-7-10-19)16-15-22-25-24(26-30-22)20-11-8-12-21(17-20)29-3/h5-14,17-18H,4,15-16H2,1-3H3/b14-13+/t18-/m0/s1. The molecule has 2 aromatic carbocycles. The summed E-state index contributed by atoms with van der Waals surface area (Å²) in [5.74, 6) is 1.72. The number of nitrogens with zero attached hydrogens (tertiary/aromatic N) is 3. The van der Waals surface area contributed by atoms with Gasteiger partial charge in [-0.2, -0.15) is 4.98 Å². The van der Waals surface area contributed by atoms with E-state index in [1.807, 2.05) is 72.5 Å². The summed E-state index contributed by atoms with van der Waals surface area (Å²) in [6.07, 6.45) is 4.82. The number of carbonyl (C=O) groups excluding carboxylic acids is 1. The highest BCUT2D eigenvalue weighted by Gasteiger charge is 2.18. The Bertz CT molecular complexity index is 982. The van der Waals surface area contributed by atoms with Gasteiger partial charge in [-0.1, -0.05) is 54.5 Å². The van der Waals surface area contributed by atoms with E-state index in [0.717, 1.165) is 23.3 Å². The van der Waals surface area contributed by atoms with Crippen LogP contribution in [0.2, 0.25) is 0 Å². The first-order chi connectivity index (χ1) is 14.6. The number of aromatic nitrogens is 2. The molecule has 0 fully saturated rings. The molecule has 0 aliphatic rings. The zero-order valence-corrected chi connectivity index (χ0v) is 17.6. The van der Waals surface area contributed by atoms with Crippen molar-refractivity contribution >= 4 is 12.0 Å². The van der Waals surface area contributed by atoms with Crippen LogP contribution in [0.15, 0.2) is 65.2 Å². The molecule has 1 heterocycles. The molecular weight excluding hydrogens is 378 g/mol. The molecule has 0 bridgehead atoms. The fourth-order valence-corrected chi connectivity index (χ4v) is 3.05. The second-order valence-electron chi connectivity index (χ2n) is 7.03. The summed E-state index contributed by atoms with van der Waals surface area (Å²) < 4.78 is 10.7. The lowest BCUT2D eigenvalue weighted by Gasteiger charge is -2.27. The third kappa shape index (κ3) is 5.56. The molecule has 0 N–H and O–H groups in total. The van der Waals surface area contributed by atoms with Gasteiger partial charge in [0, 0.05) is 30.6 Å². The van der Waals surface area contributed by atoms with E-state index in [1.165, 1.54) is 0 Å². The van der Waals surface area contributed by atoms with Crippen molar-refractivity contribution in [3.8, 4) is 17.1 Å². The Morgan fingerprint density at radius 2 is 2.00 bits per heavy atom. The quantitative estimate of drug-likeness (QED) is 0.486. The molecule has 0 unspecified atom stereocenters. The lowest BCUT2D eigenvalue weighted by Crippen LogP contribution is -2.38. The summed E-state index contributed by atoms with van der Waals surface area (Å²) in [4.78, 5) is 19.1. The van der Waals surface area contributed by atoms with Gasteiger partial charge < -0.3 is 14.2 Å². The number of benzene rings is 2. The van der Waals surface area contributed by atoms with Crippen LogP contribution in [-0.2, 0) is 11.2 Å². The molecule has 1 amide bonds. The smallest absolute Gasteiger partial charge is 0.246 e. The number of hydrogen-bond acceptors (Lipinski definition) is 5. The largest absolute Gasteiger partial charge is 0.497 e. The topological polar surface area (TPSA) is 68.5 Å². The van der Waals surface area contributed by atoms with Crippen LogP contribution < -0.4 is 4.74 Å². The average Bonchev–Trinajstić information content (AvgIpc) is 3.27. The van der Waals surface area contributed by atoms with Crippen molar-refractivity contribution in [2.24, 2.45) is 0 Å². The van der Waals surface area contributed by atoms with E-state index in [-0.39, 0.29) is 11.9 Å². The molecule has 0 saturated carbocycles. The molecule has 0 saturated heterocycles. The summed E-state index contributed by atoms with van der Waals surface area (Å²) in [7, 11) is 1.62. The van der Waals surface area contributed by atoms with E-state index < -0.39 is 0 Å². The highest BCUT2D eigenvalue weighted by atomic mass is 16.5. The lowest BCUT2D eigenvalue weighted by atomic mass is 10.1. The van der Waals surface area contributed by atoms with Gasteiger partial charge in [-0.3, -0.25) is 4.79 Å². The third-order valence-corrected chi connectivity index (χ3v) is 4.99. The SMILES string of the molecule is CC[C@H](C)N(CCc1nc(-c2cccc(OC)c2)no1)C(=O)/C=C/c1ccccc1. The predicted octanol–water partition coefficient (Wildman–Crippen LogP) is 4.63. The minimum absolute atomic E-state index is 0.0271. The summed E-state index contributed by atoms with van der Waals surface area (Å²) in [5.41, 5.74) is 1.82. The number of carbonyl (C=O) groups is 1. The van der Waals surface area contributed by atoms with E-state index in [2.05, 4.69) is 17.1 Å². The number of rotatable bonds is 9. The Hall–Kier alpha value is -3.41. The van der Waals surface area contributed by atoms with Crippen LogP contribution in [0.4, 0.5) is 0 Å². The van der Waals surface area contributed by atoms with Crippen LogP contribution in [0.5, 0.6) is 5.75 Å². The van der Waals surface area contributed by atoms with Crippen molar-refractivity contribution in [3.05, 3.63) is 72.1 Å². The van der Waals surface area contributed by atoms with Gasteiger partial charge in [0.15, 0.2) is 0 Å². The molecule has 0 aliphatic carbocycles. The number of ether oxygens (including phenoxy) is 1. The van der Waals surface area contributed by atoms with Gasteiger partial charge in [-0.15, -0.1) is 0 Å². The summed E-state index contributed by atoms with van der Waals surface area (Å²) >= 11 is 0. The summed E-state index contributed by atoms with van der Waals surface area (Å²) in [6, 6.07) is 17.4. The Kier molecular flexibility index (Phi) is 7.38. The van der Waals surface area contributed by atoms with E-state index in [0.29, 0.717) is 24.7 Å². The van der Waals surface area contributed by atoms with Crippen LogP contribution in [-0.4, -0.2) is 40.6 Å². The van der Waals surface area contributed by atoms with E-state index in [4.69, 9.17) is 9.26 Å². The molecule has 0 aliphatic heterocycles. The number of methoxy groups -OCH3 is 1. The molecule has 6 heteroatoms. The molecule has 1 atom stereocenters. The monoisotopic (exact) mass is 405 g/mol. The molecule has 156 valence electrons. The lowest BCUT2D eigenvalue weighted by molar-refractivity contribution is -0.128. The molecule has 3 rings (SSSR count). The maximum atomic E-state index is 12.8. The average molecular weight is 405 g/mol. The zero-order valence-electron chi connectivity index (χ0n) is 17.6. The van der Waals surface area contributed by atoms with Crippen molar-refractivity contribution in [1.82, 2.24) is 15.0 Å². The third-order valence-electron chi connectivity index (χ3n) is 4.99. The van der Waals surface area contributed by atoms with Crippen LogP contribution in [0.1, 0.15) is 31.7 Å². The van der Waals surface area contributed by atoms with Crippen molar-refractivity contribution in [2.75, 3.05) is 13.7 Å². The van der Waals surface area contributed by atoms with Crippen molar-refractivity contribution in [3.63, 3.8) is 0 Å². The molecule has 3 aromatic rings. The first kappa shape index (κ1) is 21.3. The molecule has 0 spiro atoms. The van der Waals surface area contributed by atoms with Gasteiger partial charge in [0.05, 0.1) is 7.11 Å². The second-order valence-corrected chi connectivity index (χ2v) is 7.03. The van der Waals surface area contributed by atoms with Gasteiger partial charge >= 0.3 is 0 Å². The summed E-state index contributed by atoms with van der Waals surface area (Å²) in [6.45, 7) is 4.62. The van der Waals surface area contributed by atoms with Gasteiger partial charge in [0.1, 0.15) is 5.75 Å². The van der Waals surface area contributed by atoms with Crippen LogP contribution in [0.25, 0.3) is 17.5 Å². The Morgan fingerprint density at radius 3 is 2.73 bits per heavy atom. The fraction of sp³-hybridized carbons (Fsp3) is 0.292. The Labute approximate surface area is 177 Å². The molecule has 1 aromatic heterocycles. The highest BCUT2D eigenvalue weighted by Crippen LogP contribution is 2.21. The fourth-order valence-electron chi connectivity index (χ4n) is 3.05. The number of hydrogen-bond donors (Lipinski definition) is 0. The molecular formula is C24H27N3O3. The van der Waals surface area contributed by atoms with E-state index >= 15 is 0 Å². The van der Waals surface area contributed by atoms with Crippen molar-refractivity contribution < 1.29 is 14.1 Å². The van der Waals surface area contributed by atoms with Gasteiger partial charge in [-0.25, -0.2) is 0 Å². The minimum Gasteiger partial charge on any atom is -0.497 e. The maximum Gasteiger partial charge on any atom is 0.246 e. The zero-order chi connectivity index (χ0) is 21.3. The minimum atomic E-state index is -0.0271. The van der Waals surface area contributed by atoms with E-state index in [1.54, 1.807) is 13.2 Å². The van der Waals surface area contributed by atoms with Crippen LogP contribution >= 0.6 is 0 Å². The Balaban J connectivity index is 1.67. The number of amides is 1. The normalized spacial score (nSPS) is 12.1. The maximum absolute atomic E-state index is 12.8. The highest BCUT2D eigenvalue weighted by molar-refractivity contribution is 5.92. The summed E-state index contributed by atoms with van der Waals surface area (Å²) in [5, 5.41) is 4.07. The van der Waals surface area contributed by atoms with Crippen molar-refractivity contribution in [2.45, 2.75) is 32.7 Å². The second kappa shape index (κ2) is 10.4. The molecule has 0 radical (unpaired) electrons. The van der Waals surface area contributed by atoms with Crippen molar-refractivity contribution in [1.29, 1.82) is 0 Å². The molecule has 6 nitrogen and oxygen atoms in total. The van der Waals surface area contributed by atoms with E-state index in [9.17, 15) is 4.79 Å². The first-order valence-corrected chi connectivity index (χ1v) is 10.1. The van der Waals surface area contributed by atoms with Crippen LogP contribution in [0, 0.1) is 0 Å².